The topological polar surface area (TPSA) is 50.0 Å². The molecular formula is C20H16ClN2O2+. The van der Waals surface area contributed by atoms with Gasteiger partial charge in [0, 0.05) is 34.0 Å². The van der Waals surface area contributed by atoms with E-state index in [0.717, 1.165) is 0 Å². The molecule has 2 aromatic carbocycles. The Bertz CT molecular complexity index is 876. The third kappa shape index (κ3) is 4.52. The van der Waals surface area contributed by atoms with Crippen LogP contribution in [0.4, 0.5) is 5.69 Å². The van der Waals surface area contributed by atoms with Gasteiger partial charge in [0.15, 0.2) is 18.2 Å². The van der Waals surface area contributed by atoms with Gasteiger partial charge < -0.3 is 5.32 Å². The van der Waals surface area contributed by atoms with Gasteiger partial charge in [-0.05, 0) is 24.3 Å². The van der Waals surface area contributed by atoms with E-state index in [1.54, 1.807) is 65.5 Å². The molecule has 0 aliphatic rings. The average molecular weight is 352 g/mol. The highest BCUT2D eigenvalue weighted by molar-refractivity contribution is 6.30. The van der Waals surface area contributed by atoms with Crippen LogP contribution in [0.15, 0.2) is 79.1 Å². The molecule has 4 nitrogen and oxygen atoms in total. The standard InChI is InChI=1S/C20H15ClN2O2/c21-17-6-8-18(9-7-17)22-19(24)14-23-12-10-16(11-13-23)20(25)15-4-2-1-3-5-15/h1-13H,14H2/p+1. The summed E-state index contributed by atoms with van der Waals surface area (Å²) in [7, 11) is 0. The van der Waals surface area contributed by atoms with Crippen LogP contribution in [0.25, 0.3) is 0 Å². The van der Waals surface area contributed by atoms with Crippen molar-refractivity contribution in [3.05, 3.63) is 95.3 Å². The summed E-state index contributed by atoms with van der Waals surface area (Å²) in [6.45, 7) is 0.155. The maximum absolute atomic E-state index is 12.3. The first-order valence-electron chi connectivity index (χ1n) is 7.76. The van der Waals surface area contributed by atoms with Crippen molar-refractivity contribution in [1.29, 1.82) is 0 Å². The summed E-state index contributed by atoms with van der Waals surface area (Å²) in [4.78, 5) is 24.4. The molecule has 3 rings (SSSR count). The van der Waals surface area contributed by atoms with Gasteiger partial charge in [0.1, 0.15) is 0 Å². The number of pyridine rings is 1. The monoisotopic (exact) mass is 351 g/mol. The molecule has 5 heteroatoms. The molecule has 0 fully saturated rings. The molecule has 25 heavy (non-hydrogen) atoms. The van der Waals surface area contributed by atoms with Crippen LogP contribution in [-0.4, -0.2) is 11.7 Å². The first-order chi connectivity index (χ1) is 12.1. The molecule has 1 amide bonds. The Morgan fingerprint density at radius 1 is 0.840 bits per heavy atom. The molecule has 0 aliphatic carbocycles. The number of amides is 1. The predicted octanol–water partition coefficient (Wildman–Crippen LogP) is 3.50. The zero-order valence-corrected chi connectivity index (χ0v) is 14.1. The number of hydrogen-bond acceptors (Lipinski definition) is 2. The van der Waals surface area contributed by atoms with Gasteiger partial charge in [0.2, 0.25) is 6.54 Å². The van der Waals surface area contributed by atoms with Gasteiger partial charge in [-0.3, -0.25) is 9.59 Å². The summed E-state index contributed by atoms with van der Waals surface area (Å²) < 4.78 is 1.72. The van der Waals surface area contributed by atoms with E-state index in [9.17, 15) is 9.59 Å². The molecule has 1 aromatic heterocycles. The average Bonchev–Trinajstić information content (AvgIpc) is 2.64. The highest BCUT2D eigenvalue weighted by atomic mass is 35.5. The number of benzene rings is 2. The maximum Gasteiger partial charge on any atom is 0.290 e. The predicted molar refractivity (Wildman–Crippen MR) is 96.6 cm³/mol. The van der Waals surface area contributed by atoms with Crippen molar-refractivity contribution in [2.75, 3.05) is 5.32 Å². The third-order valence-electron chi connectivity index (χ3n) is 3.64. The van der Waals surface area contributed by atoms with E-state index in [0.29, 0.717) is 21.8 Å². The Hall–Kier alpha value is -2.98. The number of hydrogen-bond donors (Lipinski definition) is 1. The summed E-state index contributed by atoms with van der Waals surface area (Å²) in [6, 6.07) is 19.4. The number of rotatable bonds is 5. The molecule has 0 saturated heterocycles. The van der Waals surface area contributed by atoms with E-state index in [1.807, 2.05) is 18.2 Å². The second-order valence-electron chi connectivity index (χ2n) is 5.51. The number of nitrogens with one attached hydrogen (secondary N) is 1. The van der Waals surface area contributed by atoms with Crippen LogP contribution in [0, 0.1) is 0 Å². The molecule has 0 radical (unpaired) electrons. The fourth-order valence-corrected chi connectivity index (χ4v) is 2.50. The van der Waals surface area contributed by atoms with Crippen LogP contribution >= 0.6 is 11.6 Å². The Kier molecular flexibility index (Phi) is 5.21. The molecule has 1 N–H and O–H groups in total. The van der Waals surface area contributed by atoms with Gasteiger partial charge in [-0.1, -0.05) is 41.9 Å². The smallest absolute Gasteiger partial charge is 0.290 e. The molecule has 1 heterocycles. The minimum Gasteiger partial charge on any atom is -0.321 e. The van der Waals surface area contributed by atoms with Crippen LogP contribution in [0.3, 0.4) is 0 Å². The number of carbonyl (C=O) groups is 2. The molecule has 3 aromatic rings. The number of anilines is 1. The lowest BCUT2D eigenvalue weighted by molar-refractivity contribution is -0.684. The van der Waals surface area contributed by atoms with Gasteiger partial charge in [0.05, 0.1) is 0 Å². The van der Waals surface area contributed by atoms with Gasteiger partial charge in [-0.15, -0.1) is 0 Å². The number of halogens is 1. The van der Waals surface area contributed by atoms with E-state index < -0.39 is 0 Å². The first-order valence-corrected chi connectivity index (χ1v) is 8.14. The third-order valence-corrected chi connectivity index (χ3v) is 3.90. The molecule has 0 atom stereocenters. The van der Waals surface area contributed by atoms with Crippen LogP contribution in [0.2, 0.25) is 5.02 Å². The highest BCUT2D eigenvalue weighted by Gasteiger charge is 2.13. The van der Waals surface area contributed by atoms with Crippen LogP contribution in [0.5, 0.6) is 0 Å². The lowest BCUT2D eigenvalue weighted by atomic mass is 10.0. The minimum absolute atomic E-state index is 0.0432. The molecule has 0 unspecified atom stereocenters. The van der Waals surface area contributed by atoms with Gasteiger partial charge >= 0.3 is 0 Å². The van der Waals surface area contributed by atoms with Gasteiger partial charge in [0.25, 0.3) is 5.91 Å². The summed E-state index contributed by atoms with van der Waals surface area (Å²) in [6.07, 6.45) is 3.44. The number of ketones is 1. The number of nitrogens with zero attached hydrogens (tertiary/aromatic N) is 1. The van der Waals surface area contributed by atoms with Crippen molar-refractivity contribution in [2.45, 2.75) is 6.54 Å². The fourth-order valence-electron chi connectivity index (χ4n) is 2.37. The Labute approximate surface area is 150 Å². The van der Waals surface area contributed by atoms with Crippen molar-refractivity contribution in [1.82, 2.24) is 0 Å². The fraction of sp³-hybridized carbons (Fsp3) is 0.0500. The first kappa shape index (κ1) is 16.9. The normalized spacial score (nSPS) is 10.3. The zero-order valence-electron chi connectivity index (χ0n) is 13.4. The lowest BCUT2D eigenvalue weighted by Crippen LogP contribution is -2.39. The van der Waals surface area contributed by atoms with Crippen molar-refractivity contribution in [2.24, 2.45) is 0 Å². The molecule has 0 saturated carbocycles. The zero-order chi connectivity index (χ0) is 17.6. The van der Waals surface area contributed by atoms with Crippen molar-refractivity contribution in [3.8, 4) is 0 Å². The van der Waals surface area contributed by atoms with Crippen molar-refractivity contribution in [3.63, 3.8) is 0 Å². The quantitative estimate of drug-likeness (QED) is 0.565. The summed E-state index contributed by atoms with van der Waals surface area (Å²) >= 11 is 5.82. The molecule has 0 aliphatic heterocycles. The van der Waals surface area contributed by atoms with E-state index in [1.165, 1.54) is 0 Å². The van der Waals surface area contributed by atoms with Crippen LogP contribution in [0.1, 0.15) is 15.9 Å². The Morgan fingerprint density at radius 3 is 2.08 bits per heavy atom. The molecular weight excluding hydrogens is 336 g/mol. The van der Waals surface area contributed by atoms with Crippen LogP contribution < -0.4 is 9.88 Å². The van der Waals surface area contributed by atoms with Crippen LogP contribution in [-0.2, 0) is 11.3 Å². The highest BCUT2D eigenvalue weighted by Crippen LogP contribution is 2.13. The van der Waals surface area contributed by atoms with Gasteiger partial charge in [-0.25, -0.2) is 0 Å². The lowest BCUT2D eigenvalue weighted by Gasteiger charge is -2.04. The Balaban J connectivity index is 1.63. The number of aromatic nitrogens is 1. The Morgan fingerprint density at radius 2 is 1.44 bits per heavy atom. The SMILES string of the molecule is O=C(C[n+]1ccc(C(=O)c2ccccc2)cc1)Nc1ccc(Cl)cc1. The number of carbonyl (C=O) groups excluding carboxylic acids is 2. The largest absolute Gasteiger partial charge is 0.321 e. The minimum atomic E-state index is -0.158. The summed E-state index contributed by atoms with van der Waals surface area (Å²) in [5.41, 5.74) is 1.91. The second-order valence-corrected chi connectivity index (χ2v) is 5.95. The second kappa shape index (κ2) is 7.73. The van der Waals surface area contributed by atoms with E-state index in [-0.39, 0.29) is 18.2 Å². The van der Waals surface area contributed by atoms with E-state index >= 15 is 0 Å². The summed E-state index contributed by atoms with van der Waals surface area (Å²) in [5, 5.41) is 3.41. The van der Waals surface area contributed by atoms with E-state index in [2.05, 4.69) is 5.32 Å². The molecule has 0 spiro atoms. The summed E-state index contributed by atoms with van der Waals surface area (Å²) in [5.74, 6) is -0.201. The van der Waals surface area contributed by atoms with Crippen molar-refractivity contribution >= 4 is 29.0 Å². The van der Waals surface area contributed by atoms with Gasteiger partial charge in [-0.2, -0.15) is 4.57 Å². The maximum atomic E-state index is 12.3. The molecule has 124 valence electrons. The molecule has 0 bridgehead atoms. The van der Waals surface area contributed by atoms with Crippen molar-refractivity contribution < 1.29 is 14.2 Å². The van der Waals surface area contributed by atoms with E-state index in [4.69, 9.17) is 11.6 Å².